The number of nitrogens with zero attached hydrogens (tertiary/aromatic N) is 2. The van der Waals surface area contributed by atoms with E-state index in [0.29, 0.717) is 32.6 Å². The predicted molar refractivity (Wildman–Crippen MR) is 100 cm³/mol. The van der Waals surface area contributed by atoms with E-state index in [1.165, 1.54) is 14.0 Å². The van der Waals surface area contributed by atoms with Gasteiger partial charge in [0.2, 0.25) is 11.8 Å². The van der Waals surface area contributed by atoms with Gasteiger partial charge in [-0.3, -0.25) is 9.59 Å². The van der Waals surface area contributed by atoms with Crippen LogP contribution >= 0.6 is 0 Å². The molecule has 1 saturated heterocycles. The van der Waals surface area contributed by atoms with E-state index in [1.807, 2.05) is 30.5 Å². The number of methoxy groups -OCH3 is 1. The number of para-hydroxylation sites is 1. The Morgan fingerprint density at radius 3 is 2.48 bits per heavy atom. The molecule has 0 aliphatic carbocycles. The fraction of sp³-hybridized carbons (Fsp3) is 0.421. The van der Waals surface area contributed by atoms with Crippen molar-refractivity contribution >= 4 is 28.8 Å². The van der Waals surface area contributed by atoms with E-state index in [2.05, 4.69) is 10.3 Å². The molecule has 8 nitrogen and oxygen atoms in total. The highest BCUT2D eigenvalue weighted by Crippen LogP contribution is 2.20. The summed E-state index contributed by atoms with van der Waals surface area (Å²) >= 11 is 0. The van der Waals surface area contributed by atoms with Gasteiger partial charge in [-0.2, -0.15) is 0 Å². The van der Waals surface area contributed by atoms with Gasteiger partial charge >= 0.3 is 6.09 Å². The molecule has 1 unspecified atom stereocenters. The van der Waals surface area contributed by atoms with Crippen LogP contribution < -0.4 is 5.32 Å². The van der Waals surface area contributed by atoms with Gasteiger partial charge < -0.3 is 24.8 Å². The van der Waals surface area contributed by atoms with Crippen molar-refractivity contribution in [3.8, 4) is 0 Å². The molecular weight excluding hydrogens is 348 g/mol. The van der Waals surface area contributed by atoms with Gasteiger partial charge in [-0.05, 0) is 11.6 Å². The molecule has 3 amide bonds. The Labute approximate surface area is 157 Å². The number of aromatic nitrogens is 1. The van der Waals surface area contributed by atoms with Crippen LogP contribution in [0.2, 0.25) is 0 Å². The average Bonchev–Trinajstić information content (AvgIpc) is 3.09. The number of aromatic amines is 1. The molecule has 0 radical (unpaired) electrons. The van der Waals surface area contributed by atoms with Crippen molar-refractivity contribution in [1.82, 2.24) is 20.1 Å². The quantitative estimate of drug-likeness (QED) is 0.841. The van der Waals surface area contributed by atoms with Crippen molar-refractivity contribution in [2.75, 3.05) is 33.3 Å². The van der Waals surface area contributed by atoms with Crippen molar-refractivity contribution in [3.63, 3.8) is 0 Å². The molecule has 0 spiro atoms. The van der Waals surface area contributed by atoms with Crippen LogP contribution in [0, 0.1) is 0 Å². The van der Waals surface area contributed by atoms with Crippen molar-refractivity contribution in [2.24, 2.45) is 0 Å². The molecule has 2 N–H and O–H groups in total. The summed E-state index contributed by atoms with van der Waals surface area (Å²) in [7, 11) is 1.34. The third-order valence-electron chi connectivity index (χ3n) is 4.80. The lowest BCUT2D eigenvalue weighted by Crippen LogP contribution is -2.56. The number of hydrogen-bond acceptors (Lipinski definition) is 4. The van der Waals surface area contributed by atoms with Crippen molar-refractivity contribution in [1.29, 1.82) is 0 Å². The van der Waals surface area contributed by atoms with E-state index in [4.69, 9.17) is 4.74 Å². The second kappa shape index (κ2) is 8.11. The van der Waals surface area contributed by atoms with Crippen molar-refractivity contribution in [3.05, 3.63) is 36.0 Å². The third kappa shape index (κ3) is 4.21. The molecule has 8 heteroatoms. The molecule has 2 aromatic rings. The number of fused-ring (bicyclic) bond motifs is 1. The molecule has 144 valence electrons. The number of ether oxygens (including phenoxy) is 1. The number of amides is 3. The Bertz CT molecular complexity index is 839. The van der Waals surface area contributed by atoms with E-state index in [1.54, 1.807) is 9.80 Å². The minimum absolute atomic E-state index is 0.139. The van der Waals surface area contributed by atoms with Crippen LogP contribution in [0.25, 0.3) is 10.9 Å². The standard InChI is InChI=1S/C19H24N4O4/c1-13(24)21-17(11-14-12-20-16-6-4-3-5-15(14)16)18(25)22-7-9-23(10-8-22)19(26)27-2/h3-6,12,17,20H,7-11H2,1-2H3,(H,21,24). The Morgan fingerprint density at radius 2 is 1.81 bits per heavy atom. The summed E-state index contributed by atoms with van der Waals surface area (Å²) in [5, 5.41) is 3.81. The fourth-order valence-electron chi connectivity index (χ4n) is 3.42. The maximum atomic E-state index is 13.0. The largest absolute Gasteiger partial charge is 0.453 e. The van der Waals surface area contributed by atoms with Crippen molar-refractivity contribution < 1.29 is 19.1 Å². The number of carbonyl (C=O) groups excluding carboxylic acids is 3. The highest BCUT2D eigenvalue weighted by Gasteiger charge is 2.30. The smallest absolute Gasteiger partial charge is 0.409 e. The Kier molecular flexibility index (Phi) is 5.63. The van der Waals surface area contributed by atoms with Crippen LogP contribution in [-0.2, 0) is 20.7 Å². The SMILES string of the molecule is COC(=O)N1CCN(C(=O)C(Cc2c[nH]c3ccccc23)NC(C)=O)CC1. The summed E-state index contributed by atoms with van der Waals surface area (Å²) in [5.74, 6) is -0.388. The van der Waals surface area contributed by atoms with E-state index in [-0.39, 0.29) is 17.9 Å². The Balaban J connectivity index is 1.72. The van der Waals surface area contributed by atoms with E-state index in [9.17, 15) is 14.4 Å². The monoisotopic (exact) mass is 372 g/mol. The summed E-state index contributed by atoms with van der Waals surface area (Å²) < 4.78 is 4.72. The molecule has 0 bridgehead atoms. The maximum Gasteiger partial charge on any atom is 0.409 e. The highest BCUT2D eigenvalue weighted by molar-refractivity contribution is 5.89. The molecule has 2 heterocycles. The summed E-state index contributed by atoms with van der Waals surface area (Å²) in [6.07, 6.45) is 1.89. The third-order valence-corrected chi connectivity index (χ3v) is 4.80. The number of H-pyrrole nitrogens is 1. The Morgan fingerprint density at radius 1 is 1.15 bits per heavy atom. The number of rotatable bonds is 4. The minimum Gasteiger partial charge on any atom is -0.453 e. The Hall–Kier alpha value is -3.03. The van der Waals surface area contributed by atoms with Crippen LogP contribution in [0.3, 0.4) is 0 Å². The molecule has 1 aliphatic rings. The zero-order valence-electron chi connectivity index (χ0n) is 15.5. The molecule has 27 heavy (non-hydrogen) atoms. The van der Waals surface area contributed by atoms with Crippen LogP contribution in [0.15, 0.2) is 30.5 Å². The van der Waals surface area contributed by atoms with Gasteiger partial charge in [0.15, 0.2) is 0 Å². The molecule has 1 aromatic heterocycles. The fourth-order valence-corrected chi connectivity index (χ4v) is 3.42. The molecule has 1 atom stereocenters. The van der Waals surface area contributed by atoms with Gasteiger partial charge in [-0.15, -0.1) is 0 Å². The van der Waals surface area contributed by atoms with Gasteiger partial charge in [-0.25, -0.2) is 4.79 Å². The molecule has 0 saturated carbocycles. The summed E-state index contributed by atoms with van der Waals surface area (Å²) in [6.45, 7) is 3.07. The molecule has 1 fully saturated rings. The van der Waals surface area contributed by atoms with Crippen LogP contribution in [0.5, 0.6) is 0 Å². The lowest BCUT2D eigenvalue weighted by atomic mass is 10.0. The number of nitrogens with one attached hydrogen (secondary N) is 2. The first-order valence-corrected chi connectivity index (χ1v) is 8.93. The van der Waals surface area contributed by atoms with E-state index >= 15 is 0 Å². The van der Waals surface area contributed by atoms with E-state index < -0.39 is 6.04 Å². The maximum absolute atomic E-state index is 13.0. The second-order valence-electron chi connectivity index (χ2n) is 6.60. The zero-order valence-corrected chi connectivity index (χ0v) is 15.5. The van der Waals surface area contributed by atoms with Crippen LogP contribution in [0.1, 0.15) is 12.5 Å². The number of piperazine rings is 1. The second-order valence-corrected chi connectivity index (χ2v) is 6.60. The first-order valence-electron chi connectivity index (χ1n) is 8.93. The number of benzene rings is 1. The van der Waals surface area contributed by atoms with Gasteiger partial charge in [0.05, 0.1) is 7.11 Å². The topological polar surface area (TPSA) is 94.7 Å². The van der Waals surface area contributed by atoms with Gasteiger partial charge in [-0.1, -0.05) is 18.2 Å². The molecular formula is C19H24N4O4. The molecule has 1 aliphatic heterocycles. The lowest BCUT2D eigenvalue weighted by Gasteiger charge is -2.35. The van der Waals surface area contributed by atoms with Crippen LogP contribution in [0.4, 0.5) is 4.79 Å². The normalized spacial score (nSPS) is 15.5. The van der Waals surface area contributed by atoms with Gasteiger partial charge in [0.25, 0.3) is 0 Å². The lowest BCUT2D eigenvalue weighted by molar-refractivity contribution is -0.137. The minimum atomic E-state index is -0.647. The van der Waals surface area contributed by atoms with Gasteiger partial charge in [0.1, 0.15) is 6.04 Å². The predicted octanol–water partition coefficient (Wildman–Crippen LogP) is 1.13. The first-order chi connectivity index (χ1) is 13.0. The van der Waals surface area contributed by atoms with Crippen LogP contribution in [-0.4, -0.2) is 72.0 Å². The molecule has 3 rings (SSSR count). The summed E-state index contributed by atoms with van der Waals surface area (Å²) in [4.78, 5) is 42.7. The van der Waals surface area contributed by atoms with Crippen molar-refractivity contribution in [2.45, 2.75) is 19.4 Å². The number of hydrogen-bond donors (Lipinski definition) is 2. The summed E-state index contributed by atoms with van der Waals surface area (Å²) in [5.41, 5.74) is 1.97. The highest BCUT2D eigenvalue weighted by atomic mass is 16.5. The summed E-state index contributed by atoms with van der Waals surface area (Å²) in [6, 6.07) is 7.21. The zero-order chi connectivity index (χ0) is 19.4. The number of carbonyl (C=O) groups is 3. The molecule has 1 aromatic carbocycles. The first kappa shape index (κ1) is 18.8. The van der Waals surface area contributed by atoms with Gasteiger partial charge in [0, 0.05) is 56.6 Å². The average molecular weight is 372 g/mol. The van der Waals surface area contributed by atoms with E-state index in [0.717, 1.165) is 16.5 Å².